The number of thiophene rings is 1. The summed E-state index contributed by atoms with van der Waals surface area (Å²) >= 11 is 1.86. The topological polar surface area (TPSA) is 16.4 Å². The Morgan fingerprint density at radius 2 is 0.910 bits per heavy atom. The van der Waals surface area contributed by atoms with Crippen molar-refractivity contribution in [3.8, 4) is 55.6 Å². The van der Waals surface area contributed by atoms with Crippen LogP contribution in [0.1, 0.15) is 0 Å². The maximum absolute atomic E-state index is 7.10. The number of nitrogens with zero attached hydrogens (tertiary/aromatic N) is 1. The van der Waals surface area contributed by atoms with Crippen LogP contribution in [-0.2, 0) is 0 Å². The Morgan fingerprint density at radius 3 is 1.61 bits per heavy atom. The average Bonchev–Trinajstić information content (AvgIpc) is 3.99. The molecule has 314 valence electrons. The van der Waals surface area contributed by atoms with Crippen molar-refractivity contribution in [3.05, 3.63) is 249 Å². The second-order valence-corrected chi connectivity index (χ2v) is 18.2. The van der Waals surface area contributed by atoms with Gasteiger partial charge in [-0.2, -0.15) is 0 Å². The van der Waals surface area contributed by atoms with Crippen molar-refractivity contribution in [2.45, 2.75) is 0 Å². The highest BCUT2D eigenvalue weighted by molar-refractivity contribution is 7.26. The van der Waals surface area contributed by atoms with E-state index in [0.29, 0.717) is 0 Å². The molecular formula is C64H41NOS. The summed E-state index contributed by atoms with van der Waals surface area (Å²) in [7, 11) is 0. The molecule has 67 heavy (non-hydrogen) atoms. The second kappa shape index (κ2) is 16.2. The van der Waals surface area contributed by atoms with Crippen molar-refractivity contribution in [1.29, 1.82) is 0 Å². The van der Waals surface area contributed by atoms with Gasteiger partial charge in [-0.1, -0.05) is 200 Å². The van der Waals surface area contributed by atoms with E-state index in [-0.39, 0.29) is 0 Å². The maximum atomic E-state index is 7.10. The minimum atomic E-state index is 0.856. The molecule has 0 bridgehead atoms. The Bertz CT molecular complexity index is 3950. The molecule has 0 aliphatic rings. The summed E-state index contributed by atoms with van der Waals surface area (Å²) in [5.74, 6) is 0. The van der Waals surface area contributed by atoms with Crippen LogP contribution >= 0.6 is 11.3 Å². The summed E-state index contributed by atoms with van der Waals surface area (Å²) in [6.07, 6.45) is 0. The van der Waals surface area contributed by atoms with Crippen molar-refractivity contribution in [1.82, 2.24) is 0 Å². The van der Waals surface area contributed by atoms with Crippen LogP contribution in [0.3, 0.4) is 0 Å². The molecule has 0 fully saturated rings. The van der Waals surface area contributed by atoms with Gasteiger partial charge < -0.3 is 9.32 Å². The molecule has 2 aromatic heterocycles. The molecule has 3 heteroatoms. The Kier molecular flexibility index (Phi) is 9.40. The van der Waals surface area contributed by atoms with Gasteiger partial charge in [0, 0.05) is 32.1 Å². The van der Waals surface area contributed by atoms with E-state index in [1.54, 1.807) is 0 Å². The van der Waals surface area contributed by atoms with Crippen molar-refractivity contribution < 1.29 is 4.42 Å². The molecule has 0 unspecified atom stereocenters. The SMILES string of the molecule is c1ccc(-c2ccc3c(c2)oc2c(-c4ccccc4)ccc(N(c4ccc(-c5c(-c6ccccc6)ccc6ccccc56)cc4)c4cccc5c4sc4cc(-c6ccccc6)ccc45)c23)cc1. The molecule has 0 radical (unpaired) electrons. The molecule has 13 aromatic rings. The van der Waals surface area contributed by atoms with Gasteiger partial charge >= 0.3 is 0 Å². The summed E-state index contributed by atoms with van der Waals surface area (Å²) in [4.78, 5) is 2.47. The van der Waals surface area contributed by atoms with Gasteiger partial charge in [-0.3, -0.25) is 0 Å². The molecule has 11 aromatic carbocycles. The summed E-state index contributed by atoms with van der Waals surface area (Å²) in [5, 5.41) is 7.10. The fraction of sp³-hybridized carbons (Fsp3) is 0. The number of hydrogen-bond acceptors (Lipinski definition) is 3. The lowest BCUT2D eigenvalue weighted by atomic mass is 9.89. The van der Waals surface area contributed by atoms with E-state index in [1.165, 1.54) is 64.3 Å². The van der Waals surface area contributed by atoms with Gasteiger partial charge in [0.05, 0.1) is 21.5 Å². The quantitative estimate of drug-likeness (QED) is 0.151. The minimum absolute atomic E-state index is 0.856. The van der Waals surface area contributed by atoms with Crippen molar-refractivity contribution >= 4 is 81.3 Å². The Labute approximate surface area is 392 Å². The number of anilines is 3. The van der Waals surface area contributed by atoms with Crippen molar-refractivity contribution in [2.75, 3.05) is 4.90 Å². The van der Waals surface area contributed by atoms with Crippen molar-refractivity contribution in [2.24, 2.45) is 0 Å². The Morgan fingerprint density at radius 1 is 0.343 bits per heavy atom. The van der Waals surface area contributed by atoms with E-state index in [4.69, 9.17) is 4.42 Å². The molecule has 0 aliphatic heterocycles. The zero-order valence-electron chi connectivity index (χ0n) is 36.4. The lowest BCUT2D eigenvalue weighted by Gasteiger charge is -2.27. The lowest BCUT2D eigenvalue weighted by Crippen LogP contribution is -2.10. The molecule has 0 saturated heterocycles. The summed E-state index contributed by atoms with van der Waals surface area (Å²) in [6.45, 7) is 0. The first-order chi connectivity index (χ1) is 33.2. The molecule has 0 aliphatic carbocycles. The molecule has 0 atom stereocenters. The first-order valence-corrected chi connectivity index (χ1v) is 23.6. The highest BCUT2D eigenvalue weighted by Crippen LogP contribution is 2.51. The third kappa shape index (κ3) is 6.71. The van der Waals surface area contributed by atoms with Crippen LogP contribution in [0.25, 0.3) is 109 Å². The van der Waals surface area contributed by atoms with Gasteiger partial charge in [-0.25, -0.2) is 0 Å². The normalized spacial score (nSPS) is 11.6. The van der Waals surface area contributed by atoms with E-state index in [0.717, 1.165) is 61.3 Å². The third-order valence-electron chi connectivity index (χ3n) is 13.3. The van der Waals surface area contributed by atoms with Crippen molar-refractivity contribution in [3.63, 3.8) is 0 Å². The number of fused-ring (bicyclic) bond motifs is 7. The number of hydrogen-bond donors (Lipinski definition) is 0. The zero-order chi connectivity index (χ0) is 44.3. The predicted octanol–water partition coefficient (Wildman–Crippen LogP) is 18.9. The standard InChI is InChI=1S/C64H41NOS/c1-5-16-42(17-6-1)48-32-37-56-59(40-48)66-63-53(45-22-11-4-12-23-45)38-39-57(62(56)63)65(58-27-15-26-55-54-36-31-49(41-60(54)67-64(55)58)43-18-7-2-8-19-43)50-33-28-47(29-34-50)61-51-25-14-13-24-46(51)30-35-52(61)44-20-9-3-10-21-44/h1-41H. The van der Waals surface area contributed by atoms with E-state index in [2.05, 4.69) is 254 Å². The monoisotopic (exact) mass is 871 g/mol. The molecular weight excluding hydrogens is 831 g/mol. The fourth-order valence-electron chi connectivity index (χ4n) is 10.1. The van der Waals surface area contributed by atoms with Gasteiger partial charge in [-0.05, 0) is 109 Å². The third-order valence-corrected chi connectivity index (χ3v) is 14.5. The Hall–Kier alpha value is -8.50. The zero-order valence-corrected chi connectivity index (χ0v) is 37.3. The maximum Gasteiger partial charge on any atom is 0.145 e. The summed E-state index contributed by atoms with van der Waals surface area (Å²) in [5.41, 5.74) is 16.6. The van der Waals surface area contributed by atoms with Crippen LogP contribution in [0.4, 0.5) is 17.1 Å². The first-order valence-electron chi connectivity index (χ1n) is 22.8. The molecule has 13 rings (SSSR count). The Balaban J connectivity index is 1.07. The van der Waals surface area contributed by atoms with Crippen LogP contribution in [0.15, 0.2) is 253 Å². The fourth-order valence-corrected chi connectivity index (χ4v) is 11.3. The summed E-state index contributed by atoms with van der Waals surface area (Å²) < 4.78 is 9.59. The van der Waals surface area contributed by atoms with E-state index in [9.17, 15) is 0 Å². The number of furan rings is 1. The molecule has 0 amide bonds. The molecule has 2 heterocycles. The average molecular weight is 872 g/mol. The van der Waals surface area contributed by atoms with E-state index in [1.807, 2.05) is 11.3 Å². The predicted molar refractivity (Wildman–Crippen MR) is 286 cm³/mol. The van der Waals surface area contributed by atoms with Gasteiger partial charge in [0.25, 0.3) is 0 Å². The van der Waals surface area contributed by atoms with Gasteiger partial charge in [0.15, 0.2) is 0 Å². The second-order valence-electron chi connectivity index (χ2n) is 17.2. The van der Waals surface area contributed by atoms with Crippen LogP contribution in [0.5, 0.6) is 0 Å². The van der Waals surface area contributed by atoms with Gasteiger partial charge in [0.1, 0.15) is 11.2 Å². The van der Waals surface area contributed by atoms with Crippen LogP contribution < -0.4 is 4.90 Å². The first kappa shape index (κ1) is 38.9. The smallest absolute Gasteiger partial charge is 0.145 e. The van der Waals surface area contributed by atoms with Crippen LogP contribution in [0.2, 0.25) is 0 Å². The molecule has 0 spiro atoms. The molecule has 0 saturated carbocycles. The molecule has 2 nitrogen and oxygen atoms in total. The minimum Gasteiger partial charge on any atom is -0.455 e. The largest absolute Gasteiger partial charge is 0.455 e. The highest BCUT2D eigenvalue weighted by Gasteiger charge is 2.25. The van der Waals surface area contributed by atoms with E-state index >= 15 is 0 Å². The van der Waals surface area contributed by atoms with E-state index < -0.39 is 0 Å². The van der Waals surface area contributed by atoms with Crippen LogP contribution in [0, 0.1) is 0 Å². The lowest BCUT2D eigenvalue weighted by molar-refractivity contribution is 0.670. The number of benzene rings is 11. The molecule has 0 N–H and O–H groups in total. The van der Waals surface area contributed by atoms with Gasteiger partial charge in [0.2, 0.25) is 0 Å². The summed E-state index contributed by atoms with van der Waals surface area (Å²) in [6, 6.07) is 90.0. The van der Waals surface area contributed by atoms with Gasteiger partial charge in [-0.15, -0.1) is 11.3 Å². The van der Waals surface area contributed by atoms with Crippen LogP contribution in [-0.4, -0.2) is 0 Å². The number of rotatable bonds is 8. The highest BCUT2D eigenvalue weighted by atomic mass is 32.1.